The highest BCUT2D eigenvalue weighted by molar-refractivity contribution is 5.26. The molecule has 0 unspecified atom stereocenters. The third-order valence-corrected chi connectivity index (χ3v) is 9.12. The standard InChI is InChI=1S/C40H73/c1-3-5-7-9-11-13-15-17-19-21-23-25-27-29-31-35-39-37-33-34-38-40(39)36-32-30-28-26-24-22-20-18-16-14-12-10-8-6-4-2/h33-34,37H,3-32,35-36H2,1-2H3. The zero-order valence-electron chi connectivity index (χ0n) is 27.9. The van der Waals surface area contributed by atoms with Gasteiger partial charge in [-0.15, -0.1) is 0 Å². The summed E-state index contributed by atoms with van der Waals surface area (Å²) in [5.41, 5.74) is 3.10. The summed E-state index contributed by atoms with van der Waals surface area (Å²) >= 11 is 0. The first-order chi connectivity index (χ1) is 19.9. The van der Waals surface area contributed by atoms with Crippen LogP contribution in [0.4, 0.5) is 0 Å². The number of hydrogen-bond donors (Lipinski definition) is 0. The third kappa shape index (κ3) is 25.0. The van der Waals surface area contributed by atoms with Gasteiger partial charge in [0, 0.05) is 0 Å². The van der Waals surface area contributed by atoms with Crippen molar-refractivity contribution in [3.63, 3.8) is 0 Å². The van der Waals surface area contributed by atoms with Crippen LogP contribution in [-0.2, 0) is 12.8 Å². The van der Waals surface area contributed by atoms with Crippen molar-refractivity contribution >= 4 is 0 Å². The summed E-state index contributed by atoms with van der Waals surface area (Å²) in [4.78, 5) is 0. The average molecular weight is 554 g/mol. The van der Waals surface area contributed by atoms with Crippen molar-refractivity contribution in [1.82, 2.24) is 0 Å². The van der Waals surface area contributed by atoms with Crippen molar-refractivity contribution < 1.29 is 0 Å². The third-order valence-electron chi connectivity index (χ3n) is 9.12. The second-order valence-electron chi connectivity index (χ2n) is 13.1. The lowest BCUT2D eigenvalue weighted by molar-refractivity contribution is 0.531. The predicted octanol–water partition coefficient (Wildman–Crippen LogP) is 14.3. The quantitative estimate of drug-likeness (QED) is 0.0778. The number of rotatable bonds is 32. The van der Waals surface area contributed by atoms with Gasteiger partial charge in [-0.3, -0.25) is 0 Å². The molecule has 1 rings (SSSR count). The first kappa shape index (κ1) is 37.2. The minimum Gasteiger partial charge on any atom is -0.0654 e. The molecule has 1 aromatic rings. The van der Waals surface area contributed by atoms with Crippen molar-refractivity contribution in [1.29, 1.82) is 0 Å². The second-order valence-corrected chi connectivity index (χ2v) is 13.1. The molecule has 0 nitrogen and oxygen atoms in total. The molecule has 0 bridgehead atoms. The number of aryl methyl sites for hydroxylation is 2. The van der Waals surface area contributed by atoms with Gasteiger partial charge in [-0.25, -0.2) is 0 Å². The predicted molar refractivity (Wildman–Crippen MR) is 183 cm³/mol. The van der Waals surface area contributed by atoms with E-state index in [0.717, 1.165) is 0 Å². The maximum absolute atomic E-state index is 3.59. The van der Waals surface area contributed by atoms with Crippen LogP contribution in [0.2, 0.25) is 0 Å². The summed E-state index contributed by atoms with van der Waals surface area (Å²) in [5.74, 6) is 0. The Bertz CT molecular complexity index is 549. The minimum absolute atomic E-state index is 1.24. The van der Waals surface area contributed by atoms with E-state index in [1.54, 1.807) is 5.56 Å². The van der Waals surface area contributed by atoms with Crippen molar-refractivity contribution in [3.8, 4) is 0 Å². The van der Waals surface area contributed by atoms with Gasteiger partial charge in [-0.05, 0) is 42.9 Å². The SMILES string of the molecule is CCCCCCCCCCCCCCCCCc1[c]cccc1CCCCCCCCCCCCCCCCC. The van der Waals surface area contributed by atoms with Crippen LogP contribution in [0, 0.1) is 6.07 Å². The fraction of sp³-hybridized carbons (Fsp3) is 0.850. The topological polar surface area (TPSA) is 0 Å². The molecule has 0 saturated carbocycles. The molecule has 1 aromatic carbocycles. The zero-order chi connectivity index (χ0) is 28.6. The summed E-state index contributed by atoms with van der Waals surface area (Å²) in [6.07, 6.45) is 45.8. The van der Waals surface area contributed by atoms with Crippen molar-refractivity contribution in [2.75, 3.05) is 0 Å². The van der Waals surface area contributed by atoms with Gasteiger partial charge in [-0.1, -0.05) is 212 Å². The van der Waals surface area contributed by atoms with Crippen molar-refractivity contribution in [3.05, 3.63) is 35.4 Å². The Kier molecular flexibility index (Phi) is 29.0. The molecule has 0 saturated heterocycles. The molecular formula is C40H73. The van der Waals surface area contributed by atoms with E-state index in [4.69, 9.17) is 0 Å². The van der Waals surface area contributed by atoms with Crippen molar-refractivity contribution in [2.24, 2.45) is 0 Å². The molecule has 0 heterocycles. The van der Waals surface area contributed by atoms with Gasteiger partial charge in [-0.2, -0.15) is 0 Å². The molecule has 0 aliphatic heterocycles. The summed E-state index contributed by atoms with van der Waals surface area (Å²) in [5, 5.41) is 0. The molecular weight excluding hydrogens is 480 g/mol. The van der Waals surface area contributed by atoms with Crippen LogP contribution < -0.4 is 0 Å². The molecule has 40 heavy (non-hydrogen) atoms. The minimum atomic E-state index is 1.24. The van der Waals surface area contributed by atoms with E-state index in [0.29, 0.717) is 0 Å². The lowest BCUT2D eigenvalue weighted by Crippen LogP contribution is -1.96. The molecule has 0 atom stereocenters. The van der Waals surface area contributed by atoms with Crippen LogP contribution in [0.15, 0.2) is 18.2 Å². The monoisotopic (exact) mass is 554 g/mol. The molecule has 0 amide bonds. The van der Waals surface area contributed by atoms with Crippen molar-refractivity contribution in [2.45, 2.75) is 219 Å². The highest BCUT2D eigenvalue weighted by Gasteiger charge is 2.03. The summed E-state index contributed by atoms with van der Waals surface area (Å²) < 4.78 is 0. The lowest BCUT2D eigenvalue weighted by atomic mass is 9.96. The molecule has 0 aliphatic carbocycles. The second kappa shape index (κ2) is 31.2. The molecule has 0 spiro atoms. The van der Waals surface area contributed by atoms with E-state index in [1.165, 1.54) is 211 Å². The van der Waals surface area contributed by atoms with Gasteiger partial charge in [0.2, 0.25) is 0 Å². The fourth-order valence-corrected chi connectivity index (χ4v) is 6.33. The lowest BCUT2D eigenvalue weighted by Gasteiger charge is -2.09. The van der Waals surface area contributed by atoms with E-state index in [2.05, 4.69) is 38.1 Å². The Morgan fingerprint density at radius 3 is 1.02 bits per heavy atom. The number of unbranched alkanes of at least 4 members (excludes halogenated alkanes) is 28. The van der Waals surface area contributed by atoms with Gasteiger partial charge in [0.15, 0.2) is 0 Å². The van der Waals surface area contributed by atoms with Crippen LogP contribution in [0.3, 0.4) is 0 Å². The van der Waals surface area contributed by atoms with E-state index in [1.807, 2.05) is 0 Å². The molecule has 1 radical (unpaired) electrons. The van der Waals surface area contributed by atoms with Gasteiger partial charge in [0.05, 0.1) is 0 Å². The largest absolute Gasteiger partial charge is 0.0654 e. The van der Waals surface area contributed by atoms with Gasteiger partial charge >= 0.3 is 0 Å². The molecule has 0 fully saturated rings. The van der Waals surface area contributed by atoms with Crippen LogP contribution in [0.5, 0.6) is 0 Å². The van der Waals surface area contributed by atoms with Crippen LogP contribution in [0.1, 0.15) is 218 Å². The van der Waals surface area contributed by atoms with Crippen LogP contribution in [-0.4, -0.2) is 0 Å². The van der Waals surface area contributed by atoms with Gasteiger partial charge in [0.1, 0.15) is 0 Å². The highest BCUT2D eigenvalue weighted by atomic mass is 14.1. The summed E-state index contributed by atoms with van der Waals surface area (Å²) in [7, 11) is 0. The number of hydrogen-bond acceptors (Lipinski definition) is 0. The first-order valence-electron chi connectivity index (χ1n) is 18.9. The van der Waals surface area contributed by atoms with E-state index in [-0.39, 0.29) is 0 Å². The molecule has 0 aliphatic rings. The Hall–Kier alpha value is -0.780. The summed E-state index contributed by atoms with van der Waals surface area (Å²) in [6, 6.07) is 10.3. The molecule has 0 N–H and O–H groups in total. The molecule has 0 heteroatoms. The Morgan fingerprint density at radius 1 is 0.375 bits per heavy atom. The van der Waals surface area contributed by atoms with Crippen LogP contribution >= 0.6 is 0 Å². The first-order valence-corrected chi connectivity index (χ1v) is 18.9. The maximum Gasteiger partial charge on any atom is -0.0146 e. The highest BCUT2D eigenvalue weighted by Crippen LogP contribution is 2.19. The Balaban J connectivity index is 1.90. The summed E-state index contributed by atoms with van der Waals surface area (Å²) in [6.45, 7) is 4.61. The van der Waals surface area contributed by atoms with Crippen LogP contribution in [0.25, 0.3) is 0 Å². The van der Waals surface area contributed by atoms with E-state index < -0.39 is 0 Å². The van der Waals surface area contributed by atoms with E-state index in [9.17, 15) is 0 Å². The van der Waals surface area contributed by atoms with Gasteiger partial charge < -0.3 is 0 Å². The fourth-order valence-electron chi connectivity index (χ4n) is 6.33. The average Bonchev–Trinajstić information content (AvgIpc) is 2.97. The normalized spacial score (nSPS) is 11.4. The smallest absolute Gasteiger partial charge is 0.0146 e. The van der Waals surface area contributed by atoms with Gasteiger partial charge in [0.25, 0.3) is 0 Å². The number of benzene rings is 1. The molecule has 0 aromatic heterocycles. The van der Waals surface area contributed by atoms with E-state index >= 15 is 0 Å². The maximum atomic E-state index is 3.59. The Labute approximate surface area is 254 Å². The Morgan fingerprint density at radius 2 is 0.675 bits per heavy atom. The molecule has 233 valence electrons. The zero-order valence-corrected chi connectivity index (χ0v) is 27.9.